The molecule has 2 heterocycles. The van der Waals surface area contributed by atoms with Crippen molar-refractivity contribution in [2.75, 3.05) is 5.32 Å². The Labute approximate surface area is 98.9 Å². The fourth-order valence-corrected chi connectivity index (χ4v) is 1.95. The SMILES string of the molecule is NC1CC(Nc2ccc(-n3cncn3)nc2)C1. The van der Waals surface area contributed by atoms with Gasteiger partial charge < -0.3 is 11.1 Å². The van der Waals surface area contributed by atoms with Crippen LogP contribution in [0.15, 0.2) is 31.0 Å². The zero-order chi connectivity index (χ0) is 11.7. The van der Waals surface area contributed by atoms with Gasteiger partial charge in [-0.1, -0.05) is 0 Å². The van der Waals surface area contributed by atoms with Gasteiger partial charge in [0.25, 0.3) is 0 Å². The van der Waals surface area contributed by atoms with Crippen molar-refractivity contribution < 1.29 is 0 Å². The summed E-state index contributed by atoms with van der Waals surface area (Å²) in [7, 11) is 0. The second kappa shape index (κ2) is 4.14. The van der Waals surface area contributed by atoms with Crippen molar-refractivity contribution in [1.29, 1.82) is 0 Å². The molecule has 88 valence electrons. The molecule has 0 spiro atoms. The van der Waals surface area contributed by atoms with Crippen molar-refractivity contribution in [1.82, 2.24) is 19.7 Å². The molecule has 0 radical (unpaired) electrons. The van der Waals surface area contributed by atoms with Crippen molar-refractivity contribution in [2.24, 2.45) is 5.73 Å². The fourth-order valence-electron chi connectivity index (χ4n) is 1.95. The van der Waals surface area contributed by atoms with Gasteiger partial charge in [0, 0.05) is 12.1 Å². The number of pyridine rings is 1. The monoisotopic (exact) mass is 230 g/mol. The molecule has 3 rings (SSSR count). The van der Waals surface area contributed by atoms with Gasteiger partial charge in [0.2, 0.25) is 0 Å². The molecule has 0 atom stereocenters. The molecule has 0 aliphatic heterocycles. The highest BCUT2D eigenvalue weighted by Gasteiger charge is 2.25. The molecular formula is C11H14N6. The summed E-state index contributed by atoms with van der Waals surface area (Å²) in [5, 5.41) is 7.41. The van der Waals surface area contributed by atoms with Crippen molar-refractivity contribution in [3.63, 3.8) is 0 Å². The minimum Gasteiger partial charge on any atom is -0.381 e. The van der Waals surface area contributed by atoms with Crippen LogP contribution in [0.4, 0.5) is 5.69 Å². The summed E-state index contributed by atoms with van der Waals surface area (Å²) < 4.78 is 1.63. The van der Waals surface area contributed by atoms with Crippen molar-refractivity contribution >= 4 is 5.69 Å². The lowest BCUT2D eigenvalue weighted by Gasteiger charge is -2.33. The average Bonchev–Trinajstić information content (AvgIpc) is 2.81. The average molecular weight is 230 g/mol. The van der Waals surface area contributed by atoms with E-state index in [4.69, 9.17) is 5.73 Å². The van der Waals surface area contributed by atoms with Crippen LogP contribution in [0.25, 0.3) is 5.82 Å². The van der Waals surface area contributed by atoms with Crippen LogP contribution in [-0.2, 0) is 0 Å². The first-order valence-corrected chi connectivity index (χ1v) is 5.64. The summed E-state index contributed by atoms with van der Waals surface area (Å²) in [5.41, 5.74) is 6.76. The van der Waals surface area contributed by atoms with Crippen LogP contribution in [0, 0.1) is 0 Å². The molecule has 0 bridgehead atoms. The van der Waals surface area contributed by atoms with Gasteiger partial charge in [-0.2, -0.15) is 5.10 Å². The molecule has 0 unspecified atom stereocenters. The molecule has 0 aromatic carbocycles. The lowest BCUT2D eigenvalue weighted by atomic mass is 9.87. The maximum atomic E-state index is 5.74. The number of rotatable bonds is 3. The van der Waals surface area contributed by atoms with E-state index in [1.807, 2.05) is 12.1 Å². The lowest BCUT2D eigenvalue weighted by Crippen LogP contribution is -2.44. The highest BCUT2D eigenvalue weighted by molar-refractivity contribution is 5.44. The van der Waals surface area contributed by atoms with E-state index in [9.17, 15) is 0 Å². The molecule has 2 aromatic rings. The number of nitrogens with one attached hydrogen (secondary N) is 1. The van der Waals surface area contributed by atoms with E-state index in [2.05, 4.69) is 20.4 Å². The minimum atomic E-state index is 0.356. The van der Waals surface area contributed by atoms with Crippen LogP contribution in [0.1, 0.15) is 12.8 Å². The van der Waals surface area contributed by atoms with Crippen LogP contribution >= 0.6 is 0 Å². The van der Waals surface area contributed by atoms with Crippen LogP contribution < -0.4 is 11.1 Å². The molecule has 17 heavy (non-hydrogen) atoms. The number of aromatic nitrogens is 4. The lowest BCUT2D eigenvalue weighted by molar-refractivity contribution is 0.373. The summed E-state index contributed by atoms with van der Waals surface area (Å²) in [5.74, 6) is 0.762. The summed E-state index contributed by atoms with van der Waals surface area (Å²) in [6, 6.07) is 4.75. The van der Waals surface area contributed by atoms with E-state index in [0.717, 1.165) is 24.3 Å². The van der Waals surface area contributed by atoms with Gasteiger partial charge in [0.1, 0.15) is 12.7 Å². The largest absolute Gasteiger partial charge is 0.381 e. The second-order valence-corrected chi connectivity index (χ2v) is 4.32. The Kier molecular flexibility index (Phi) is 2.49. The first kappa shape index (κ1) is 10.2. The number of hydrogen-bond acceptors (Lipinski definition) is 5. The Morgan fingerprint density at radius 2 is 2.24 bits per heavy atom. The van der Waals surface area contributed by atoms with Gasteiger partial charge in [0.05, 0.1) is 11.9 Å². The van der Waals surface area contributed by atoms with Gasteiger partial charge in [-0.25, -0.2) is 14.6 Å². The second-order valence-electron chi connectivity index (χ2n) is 4.32. The fraction of sp³-hybridized carbons (Fsp3) is 0.364. The molecule has 1 aliphatic carbocycles. The highest BCUT2D eigenvalue weighted by Crippen LogP contribution is 2.22. The highest BCUT2D eigenvalue weighted by atomic mass is 15.3. The molecule has 1 saturated carbocycles. The van der Waals surface area contributed by atoms with Crippen LogP contribution in [0.3, 0.4) is 0 Å². The van der Waals surface area contributed by atoms with Gasteiger partial charge >= 0.3 is 0 Å². The van der Waals surface area contributed by atoms with E-state index in [0.29, 0.717) is 12.1 Å². The Balaban J connectivity index is 1.68. The number of hydrogen-bond donors (Lipinski definition) is 2. The van der Waals surface area contributed by atoms with Gasteiger partial charge in [-0.15, -0.1) is 0 Å². The normalized spacial score (nSPS) is 23.1. The Morgan fingerprint density at radius 3 is 2.82 bits per heavy atom. The van der Waals surface area contributed by atoms with E-state index >= 15 is 0 Å². The summed E-state index contributed by atoms with van der Waals surface area (Å²) in [4.78, 5) is 8.20. The Bertz CT molecular complexity index is 471. The maximum absolute atomic E-state index is 5.74. The Hall–Kier alpha value is -1.95. The molecule has 3 N–H and O–H groups in total. The maximum Gasteiger partial charge on any atom is 0.155 e. The smallest absolute Gasteiger partial charge is 0.155 e. The zero-order valence-electron chi connectivity index (χ0n) is 9.32. The molecule has 1 fully saturated rings. The molecule has 6 heteroatoms. The Morgan fingerprint density at radius 1 is 1.35 bits per heavy atom. The molecule has 1 aliphatic rings. The van der Waals surface area contributed by atoms with Gasteiger partial charge in [0.15, 0.2) is 5.82 Å². The molecule has 6 nitrogen and oxygen atoms in total. The molecular weight excluding hydrogens is 216 g/mol. The van der Waals surface area contributed by atoms with Gasteiger partial charge in [-0.3, -0.25) is 0 Å². The number of anilines is 1. The topological polar surface area (TPSA) is 81.6 Å². The minimum absolute atomic E-state index is 0.356. The third-order valence-corrected chi connectivity index (χ3v) is 2.95. The third-order valence-electron chi connectivity index (χ3n) is 2.95. The third kappa shape index (κ3) is 2.12. The number of nitrogens with two attached hydrogens (primary N) is 1. The quantitative estimate of drug-likeness (QED) is 0.805. The molecule has 0 saturated heterocycles. The van der Waals surface area contributed by atoms with E-state index in [-0.39, 0.29) is 0 Å². The first-order valence-electron chi connectivity index (χ1n) is 5.64. The summed E-state index contributed by atoms with van der Waals surface area (Å²) in [6.07, 6.45) is 6.99. The van der Waals surface area contributed by atoms with Crippen molar-refractivity contribution in [3.8, 4) is 5.82 Å². The predicted molar refractivity (Wildman–Crippen MR) is 63.8 cm³/mol. The van der Waals surface area contributed by atoms with Crippen LogP contribution in [-0.4, -0.2) is 31.8 Å². The van der Waals surface area contributed by atoms with Crippen LogP contribution in [0.2, 0.25) is 0 Å². The van der Waals surface area contributed by atoms with Crippen molar-refractivity contribution in [3.05, 3.63) is 31.0 Å². The molecule has 0 amide bonds. The standard InChI is InChI=1S/C11H14N6/c12-8-3-10(4-8)16-9-1-2-11(14-5-9)17-7-13-6-15-17/h1-2,5-8,10,16H,3-4,12H2. The van der Waals surface area contributed by atoms with Gasteiger partial charge in [-0.05, 0) is 25.0 Å². The summed E-state index contributed by atoms with van der Waals surface area (Å²) in [6.45, 7) is 0. The van der Waals surface area contributed by atoms with Crippen molar-refractivity contribution in [2.45, 2.75) is 24.9 Å². The number of nitrogens with zero attached hydrogens (tertiary/aromatic N) is 4. The van der Waals surface area contributed by atoms with E-state index < -0.39 is 0 Å². The summed E-state index contributed by atoms with van der Waals surface area (Å²) >= 11 is 0. The van der Waals surface area contributed by atoms with Crippen LogP contribution in [0.5, 0.6) is 0 Å². The van der Waals surface area contributed by atoms with E-state index in [1.54, 1.807) is 17.2 Å². The zero-order valence-corrected chi connectivity index (χ0v) is 9.32. The van der Waals surface area contributed by atoms with E-state index in [1.165, 1.54) is 6.33 Å². The molecule has 2 aromatic heterocycles. The first-order chi connectivity index (χ1) is 8.31. The predicted octanol–water partition coefficient (Wildman–Crippen LogP) is 0.564.